The van der Waals surface area contributed by atoms with Gasteiger partial charge in [0.25, 0.3) is 0 Å². The summed E-state index contributed by atoms with van der Waals surface area (Å²) in [5.41, 5.74) is 5.75. The van der Waals surface area contributed by atoms with E-state index in [4.69, 9.17) is 10.5 Å². The zero-order chi connectivity index (χ0) is 20.1. The summed E-state index contributed by atoms with van der Waals surface area (Å²) in [7, 11) is 0. The van der Waals surface area contributed by atoms with Gasteiger partial charge in [-0.1, -0.05) is 91.5 Å². The maximum absolute atomic E-state index is 7.25. The van der Waals surface area contributed by atoms with Gasteiger partial charge in [-0.25, -0.2) is 0 Å². The molecule has 27 heavy (non-hydrogen) atoms. The molecule has 9 radical (unpaired) electrons. The van der Waals surface area contributed by atoms with Crippen LogP contribution in [-0.4, -0.2) is 0 Å². The summed E-state index contributed by atoms with van der Waals surface area (Å²) in [5, 5.41) is 0. The molecular weight excluding hydrogens is 502 g/mol. The maximum Gasteiger partial charge on any atom is 2.00 e. The van der Waals surface area contributed by atoms with Crippen LogP contribution in [0.4, 0.5) is 0 Å². The minimum absolute atomic E-state index is 0. The van der Waals surface area contributed by atoms with Crippen LogP contribution in [0.15, 0.2) is 24.3 Å². The molecule has 0 amide bonds. The second kappa shape index (κ2) is 16.7. The summed E-state index contributed by atoms with van der Waals surface area (Å²) in [6.07, 6.45) is 17.7. The second-order valence-electron chi connectivity index (χ2n) is 6.98. The van der Waals surface area contributed by atoms with Crippen molar-refractivity contribution >= 4 is 0 Å². The number of nitroso groups, excluding NO2 is 1. The van der Waals surface area contributed by atoms with Crippen molar-refractivity contribution in [2.75, 3.05) is 0 Å². The molecule has 0 aromatic heterocycles. The van der Waals surface area contributed by atoms with Crippen LogP contribution in [0.5, 0.6) is 0 Å². The van der Waals surface area contributed by atoms with Gasteiger partial charge in [0.1, 0.15) is 5.59 Å². The van der Waals surface area contributed by atoms with Gasteiger partial charge in [0.15, 0.2) is 0 Å². The molecule has 1 fully saturated rings. The molecule has 3 heteroatoms. The Morgan fingerprint density at radius 1 is 0.926 bits per heavy atom. The van der Waals surface area contributed by atoms with Gasteiger partial charge in [-0.05, 0) is 42.4 Å². The molecule has 2 nitrogen and oxygen atoms in total. The number of hydrogen-bond donors (Lipinski definition) is 0. The molecule has 0 spiro atoms. The first-order valence-electron chi connectivity index (χ1n) is 9.47. The summed E-state index contributed by atoms with van der Waals surface area (Å²) in [4.78, 5) is 7.25. The SMILES string of the molecule is C[C]1[C](C)[C](C)[C](C)[C]1C.[CH2-]C(C[CH][C]1[CH]C=CC=C1)CCCC.[N]=O.[W+2]. The van der Waals surface area contributed by atoms with Gasteiger partial charge in [0.05, 0.1) is 0 Å². The zero-order valence-corrected chi connectivity index (χ0v) is 20.8. The Balaban J connectivity index is 0. The average molecular weight is 537 g/mol. The largest absolute Gasteiger partial charge is 2.00 e. The Kier molecular flexibility index (Phi) is 17.9. The molecule has 147 valence electrons. The summed E-state index contributed by atoms with van der Waals surface area (Å²) in [6.45, 7) is 17.4. The van der Waals surface area contributed by atoms with Gasteiger partial charge in [-0.15, -0.1) is 4.91 Å². The molecule has 0 heterocycles. The Hall–Kier alpha value is -0.232. The molecule has 1 saturated carbocycles. The van der Waals surface area contributed by atoms with Crippen molar-refractivity contribution in [2.24, 2.45) is 5.92 Å². The van der Waals surface area contributed by atoms with E-state index in [1.807, 2.05) is 0 Å². The molecule has 0 N–H and O–H groups in total. The standard InChI is InChI=1S/C14H20.C10H15.NO.W/c1-3-4-8-13(2)11-12-14-9-6-5-7-10-14;1-6-7(2)9(4)10(5)8(6)3;1-2;/h5-7,9-10,12-13H,2-4,8,11H2,1H3;1-5H3;;/q-1;;;+2. The number of nitrogens with zero attached hydrogens (tertiary/aromatic N) is 1. The van der Waals surface area contributed by atoms with Crippen molar-refractivity contribution in [3.05, 3.63) is 84.5 Å². The number of rotatable bonds is 6. The van der Waals surface area contributed by atoms with E-state index >= 15 is 0 Å². The zero-order valence-electron chi connectivity index (χ0n) is 17.8. The van der Waals surface area contributed by atoms with Gasteiger partial charge >= 0.3 is 21.1 Å². The molecule has 0 aromatic carbocycles. The third-order valence-corrected chi connectivity index (χ3v) is 5.26. The van der Waals surface area contributed by atoms with Gasteiger partial charge in [0, 0.05) is 5.92 Å². The van der Waals surface area contributed by atoms with Gasteiger partial charge in [0.2, 0.25) is 0 Å². The first-order valence-corrected chi connectivity index (χ1v) is 9.47. The molecular formula is C24H35NOW+. The number of hydrogen-bond acceptors (Lipinski definition) is 1. The van der Waals surface area contributed by atoms with E-state index in [2.05, 4.69) is 85.6 Å². The topological polar surface area (TPSA) is 39.4 Å². The number of allylic oxidation sites excluding steroid dienone is 4. The fourth-order valence-corrected chi connectivity index (χ4v) is 2.91. The minimum Gasteiger partial charge on any atom is -0.340 e. The first kappa shape index (κ1) is 29.0. The third-order valence-electron chi connectivity index (χ3n) is 5.26. The summed E-state index contributed by atoms with van der Waals surface area (Å²) in [6, 6.07) is 0. The van der Waals surface area contributed by atoms with Gasteiger partial charge < -0.3 is 6.92 Å². The van der Waals surface area contributed by atoms with E-state index < -0.39 is 0 Å². The Bertz CT molecular complexity index is 364. The van der Waals surface area contributed by atoms with Crippen LogP contribution in [0, 0.1) is 66.1 Å². The predicted octanol–water partition coefficient (Wildman–Crippen LogP) is 6.65. The summed E-state index contributed by atoms with van der Waals surface area (Å²) >= 11 is 0. The van der Waals surface area contributed by atoms with Gasteiger partial charge in [-0.2, -0.15) is 5.92 Å². The average Bonchev–Trinajstić information content (AvgIpc) is 2.85. The van der Waals surface area contributed by atoms with E-state index in [1.54, 1.807) is 0 Å². The van der Waals surface area contributed by atoms with Crippen LogP contribution < -0.4 is 5.59 Å². The number of unbranched alkanes of at least 4 members (excludes halogenated alkanes) is 1. The van der Waals surface area contributed by atoms with E-state index in [1.165, 1.54) is 54.8 Å². The van der Waals surface area contributed by atoms with Crippen molar-refractivity contribution in [1.82, 2.24) is 5.59 Å². The van der Waals surface area contributed by atoms with E-state index in [9.17, 15) is 0 Å². The fraction of sp³-hybridized carbons (Fsp3) is 0.458. The summed E-state index contributed by atoms with van der Waals surface area (Å²) < 4.78 is 0. The normalized spacial score (nSPS) is 20.4. The molecule has 2 aliphatic carbocycles. The monoisotopic (exact) mass is 537 g/mol. The Morgan fingerprint density at radius 3 is 1.78 bits per heavy atom. The maximum atomic E-state index is 7.25. The molecule has 2 aliphatic rings. The quantitative estimate of drug-likeness (QED) is 0.350. The molecule has 1 atom stereocenters. The van der Waals surface area contributed by atoms with Crippen LogP contribution in [0.3, 0.4) is 0 Å². The fourth-order valence-electron chi connectivity index (χ4n) is 2.91. The first-order chi connectivity index (χ1) is 12.4. The van der Waals surface area contributed by atoms with Crippen molar-refractivity contribution in [3.63, 3.8) is 0 Å². The smallest absolute Gasteiger partial charge is 0.340 e. The summed E-state index contributed by atoms with van der Waals surface area (Å²) in [5.74, 6) is 9.23. The third kappa shape index (κ3) is 10.8. The molecule has 0 bridgehead atoms. The van der Waals surface area contributed by atoms with E-state index in [0.717, 1.165) is 6.42 Å². The van der Waals surface area contributed by atoms with Crippen molar-refractivity contribution < 1.29 is 21.1 Å². The van der Waals surface area contributed by atoms with E-state index in [-0.39, 0.29) is 21.1 Å². The molecule has 0 saturated heterocycles. The Morgan fingerprint density at radius 2 is 1.41 bits per heavy atom. The van der Waals surface area contributed by atoms with Crippen LogP contribution in [0.25, 0.3) is 0 Å². The molecule has 1 unspecified atom stereocenters. The van der Waals surface area contributed by atoms with Crippen LogP contribution in [0.1, 0.15) is 67.2 Å². The molecule has 2 rings (SSSR count). The van der Waals surface area contributed by atoms with Crippen LogP contribution >= 0.6 is 0 Å². The van der Waals surface area contributed by atoms with Crippen molar-refractivity contribution in [2.45, 2.75) is 67.2 Å². The molecule has 0 aromatic rings. The van der Waals surface area contributed by atoms with Crippen LogP contribution in [0.2, 0.25) is 0 Å². The minimum atomic E-state index is 0. The predicted molar refractivity (Wildman–Crippen MR) is 113 cm³/mol. The van der Waals surface area contributed by atoms with Gasteiger partial charge in [-0.3, -0.25) is 0 Å². The van der Waals surface area contributed by atoms with Crippen molar-refractivity contribution in [3.8, 4) is 0 Å². The second-order valence-corrected chi connectivity index (χ2v) is 6.98. The Labute approximate surface area is 184 Å². The molecule has 0 aliphatic heterocycles. The van der Waals surface area contributed by atoms with E-state index in [0.29, 0.717) is 5.92 Å². The van der Waals surface area contributed by atoms with Crippen molar-refractivity contribution in [1.29, 1.82) is 0 Å². The van der Waals surface area contributed by atoms with Crippen LogP contribution in [-0.2, 0) is 21.1 Å².